The molecule has 0 atom stereocenters. The Hall–Kier alpha value is -3.22. The summed E-state index contributed by atoms with van der Waals surface area (Å²) in [6.45, 7) is 1.87. The predicted octanol–water partition coefficient (Wildman–Crippen LogP) is 3.40. The van der Waals surface area contributed by atoms with E-state index in [0.717, 1.165) is 11.4 Å². The van der Waals surface area contributed by atoms with Crippen molar-refractivity contribution in [2.45, 2.75) is 19.8 Å². The van der Waals surface area contributed by atoms with Crippen LogP contribution in [0.3, 0.4) is 0 Å². The van der Waals surface area contributed by atoms with Crippen LogP contribution in [0.25, 0.3) is 0 Å². The van der Waals surface area contributed by atoms with Gasteiger partial charge < -0.3 is 11.1 Å². The molecule has 0 saturated heterocycles. The van der Waals surface area contributed by atoms with Gasteiger partial charge in [-0.25, -0.2) is 9.97 Å². The number of halogens is 1. The van der Waals surface area contributed by atoms with Crippen molar-refractivity contribution >= 4 is 17.4 Å². The van der Waals surface area contributed by atoms with Gasteiger partial charge in [-0.1, -0.05) is 25.2 Å². The summed E-state index contributed by atoms with van der Waals surface area (Å²) in [4.78, 5) is 23.1. The lowest BCUT2D eigenvalue weighted by Gasteiger charge is -2.06. The molecule has 1 amide bonds. The largest absolute Gasteiger partial charge is 0.366 e. The van der Waals surface area contributed by atoms with Gasteiger partial charge in [-0.3, -0.25) is 9.74 Å². The van der Waals surface area contributed by atoms with E-state index in [1.54, 1.807) is 24.3 Å². The van der Waals surface area contributed by atoms with E-state index in [0.29, 0.717) is 24.2 Å². The monoisotopic (exact) mass is 342 g/mol. The number of benzene rings is 1. The molecular formula is C18H19FN4O2. The molecule has 0 aliphatic carbocycles. The lowest BCUT2D eigenvalue weighted by molar-refractivity contribution is -0.114. The number of primary amides is 1. The topological polar surface area (TPSA) is 90.1 Å². The molecule has 1 aromatic heterocycles. The molecule has 0 bridgehead atoms. The second-order valence-electron chi connectivity index (χ2n) is 5.16. The van der Waals surface area contributed by atoms with Gasteiger partial charge >= 0.3 is 0 Å². The van der Waals surface area contributed by atoms with Crippen molar-refractivity contribution in [1.82, 2.24) is 9.97 Å². The lowest BCUT2D eigenvalue weighted by Crippen LogP contribution is -2.12. The molecule has 0 aliphatic rings. The number of carbonyl (C=O) groups excluding carboxylic acids is 1. The highest BCUT2D eigenvalue weighted by atomic mass is 19.3. The summed E-state index contributed by atoms with van der Waals surface area (Å²) in [5.41, 5.74) is 7.38. The van der Waals surface area contributed by atoms with Crippen LogP contribution in [0.2, 0.25) is 0 Å². The van der Waals surface area contributed by atoms with Gasteiger partial charge in [0.1, 0.15) is 12.1 Å². The van der Waals surface area contributed by atoms with Crippen molar-refractivity contribution in [2.24, 2.45) is 5.73 Å². The number of rotatable bonds is 8. The molecule has 0 unspecified atom stereocenters. The summed E-state index contributed by atoms with van der Waals surface area (Å²) >= 11 is 0. The van der Waals surface area contributed by atoms with Crippen molar-refractivity contribution in [3.63, 3.8) is 0 Å². The second kappa shape index (κ2) is 9.17. The Morgan fingerprint density at radius 2 is 2.08 bits per heavy atom. The fraction of sp³-hybridized carbons (Fsp3) is 0.167. The molecule has 0 spiro atoms. The maximum atomic E-state index is 12.0. The summed E-state index contributed by atoms with van der Waals surface area (Å²) < 4.78 is 12.0. The van der Waals surface area contributed by atoms with Crippen LogP contribution in [0.4, 0.5) is 16.0 Å². The van der Waals surface area contributed by atoms with Crippen LogP contribution in [-0.4, -0.2) is 15.9 Å². The Labute approximate surface area is 145 Å². The molecule has 7 heteroatoms. The molecule has 0 radical (unpaired) electrons. The fourth-order valence-corrected chi connectivity index (χ4v) is 2.06. The SMILES string of the molecule is CC/C(=C\C=C/Cc1cc(Nc2ccc(OF)cc2)ncn1)C(N)=O. The molecule has 25 heavy (non-hydrogen) atoms. The highest BCUT2D eigenvalue weighted by molar-refractivity contribution is 5.92. The van der Waals surface area contributed by atoms with Crippen LogP contribution >= 0.6 is 0 Å². The molecule has 2 rings (SSSR count). The second-order valence-corrected chi connectivity index (χ2v) is 5.16. The Bertz CT molecular complexity index is 773. The number of allylic oxidation sites excluding steroid dienone is 3. The van der Waals surface area contributed by atoms with Crippen molar-refractivity contribution < 1.29 is 14.3 Å². The first-order chi connectivity index (χ1) is 12.1. The first kappa shape index (κ1) is 18.1. The molecule has 1 aromatic carbocycles. The molecule has 0 fully saturated rings. The minimum atomic E-state index is -0.412. The van der Waals surface area contributed by atoms with E-state index in [9.17, 15) is 9.32 Å². The number of aromatic nitrogens is 2. The van der Waals surface area contributed by atoms with Gasteiger partial charge in [0.2, 0.25) is 5.91 Å². The molecule has 130 valence electrons. The predicted molar refractivity (Wildman–Crippen MR) is 93.9 cm³/mol. The van der Waals surface area contributed by atoms with Crippen molar-refractivity contribution in [3.05, 3.63) is 66.2 Å². The molecule has 0 aliphatic heterocycles. The maximum absolute atomic E-state index is 12.0. The normalized spacial score (nSPS) is 11.5. The molecule has 2 aromatic rings. The van der Waals surface area contributed by atoms with E-state index < -0.39 is 5.91 Å². The summed E-state index contributed by atoms with van der Waals surface area (Å²) in [6, 6.07) is 8.17. The number of carbonyl (C=O) groups is 1. The van der Waals surface area contributed by atoms with Crippen molar-refractivity contribution in [2.75, 3.05) is 5.32 Å². The molecular weight excluding hydrogens is 323 g/mol. The van der Waals surface area contributed by atoms with Crippen LogP contribution in [-0.2, 0) is 11.2 Å². The standard InChI is InChI=1S/C18H19FN4O2/c1-2-13(18(20)24)5-3-4-6-15-11-17(22-12-21-15)23-14-7-9-16(25-19)10-8-14/h3-5,7-12H,2,6H2,1H3,(H2,20,24)(H,21,22,23)/b4-3-,13-5+. The van der Waals surface area contributed by atoms with Crippen molar-refractivity contribution in [3.8, 4) is 5.75 Å². The first-order valence-corrected chi connectivity index (χ1v) is 7.74. The number of hydrogen-bond acceptors (Lipinski definition) is 5. The van der Waals surface area contributed by atoms with E-state index >= 15 is 0 Å². The average molecular weight is 342 g/mol. The Morgan fingerprint density at radius 3 is 2.72 bits per heavy atom. The summed E-state index contributed by atoms with van der Waals surface area (Å²) in [6.07, 6.45) is 8.01. The van der Waals surface area contributed by atoms with Gasteiger partial charge in [0.25, 0.3) is 0 Å². The minimum Gasteiger partial charge on any atom is -0.366 e. The smallest absolute Gasteiger partial charge is 0.244 e. The summed E-state index contributed by atoms with van der Waals surface area (Å²) in [5, 5.41) is 3.10. The summed E-state index contributed by atoms with van der Waals surface area (Å²) in [5.74, 6) is 0.341. The van der Waals surface area contributed by atoms with Gasteiger partial charge in [-0.2, -0.15) is 0 Å². The number of hydrogen-bond donors (Lipinski definition) is 2. The van der Waals surface area contributed by atoms with E-state index in [4.69, 9.17) is 5.73 Å². The Kier molecular flexibility index (Phi) is 6.65. The van der Waals surface area contributed by atoms with Crippen LogP contribution in [0.5, 0.6) is 5.75 Å². The fourth-order valence-electron chi connectivity index (χ4n) is 2.06. The van der Waals surface area contributed by atoms with Gasteiger partial charge in [0, 0.05) is 34.0 Å². The van der Waals surface area contributed by atoms with Gasteiger partial charge in [0.05, 0.1) is 0 Å². The van der Waals surface area contributed by atoms with E-state index in [1.165, 1.54) is 18.5 Å². The molecule has 1 heterocycles. The molecule has 6 nitrogen and oxygen atoms in total. The highest BCUT2D eigenvalue weighted by Gasteiger charge is 2.01. The van der Waals surface area contributed by atoms with Gasteiger partial charge in [0.15, 0.2) is 5.75 Å². The van der Waals surface area contributed by atoms with Crippen LogP contribution in [0, 0.1) is 0 Å². The average Bonchev–Trinajstić information content (AvgIpc) is 2.62. The maximum Gasteiger partial charge on any atom is 0.244 e. The third-order valence-electron chi connectivity index (χ3n) is 3.40. The Morgan fingerprint density at radius 1 is 1.32 bits per heavy atom. The van der Waals surface area contributed by atoms with Gasteiger partial charge in [-0.05, 0) is 30.7 Å². The third-order valence-corrected chi connectivity index (χ3v) is 3.40. The minimum absolute atomic E-state index is 0.134. The number of anilines is 2. The van der Waals surface area contributed by atoms with Crippen LogP contribution < -0.4 is 16.0 Å². The van der Waals surface area contributed by atoms with Gasteiger partial charge in [-0.15, -0.1) is 0 Å². The first-order valence-electron chi connectivity index (χ1n) is 7.74. The van der Waals surface area contributed by atoms with E-state index in [-0.39, 0.29) is 5.75 Å². The Balaban J connectivity index is 1.99. The van der Waals surface area contributed by atoms with E-state index in [1.807, 2.05) is 19.1 Å². The zero-order chi connectivity index (χ0) is 18.1. The number of nitrogens with one attached hydrogen (secondary N) is 1. The highest BCUT2D eigenvalue weighted by Crippen LogP contribution is 2.19. The summed E-state index contributed by atoms with van der Waals surface area (Å²) in [7, 11) is 0. The zero-order valence-electron chi connectivity index (χ0n) is 13.8. The molecule has 0 saturated carbocycles. The zero-order valence-corrected chi connectivity index (χ0v) is 13.8. The van der Waals surface area contributed by atoms with Crippen LogP contribution in [0.15, 0.2) is 60.5 Å². The quantitative estimate of drug-likeness (QED) is 0.567. The lowest BCUT2D eigenvalue weighted by atomic mass is 10.1. The van der Waals surface area contributed by atoms with E-state index in [2.05, 4.69) is 20.2 Å². The molecule has 3 N–H and O–H groups in total. The van der Waals surface area contributed by atoms with Crippen LogP contribution in [0.1, 0.15) is 19.0 Å². The number of amides is 1. The number of nitrogens with two attached hydrogens (primary N) is 1. The number of nitrogens with zero attached hydrogens (tertiary/aromatic N) is 2. The van der Waals surface area contributed by atoms with Crippen molar-refractivity contribution in [1.29, 1.82) is 0 Å². The third kappa shape index (κ3) is 5.72.